The van der Waals surface area contributed by atoms with Crippen LogP contribution in [0.4, 0.5) is 0 Å². The van der Waals surface area contributed by atoms with Crippen LogP contribution in [0.2, 0.25) is 0 Å². The van der Waals surface area contributed by atoms with Gasteiger partial charge in [-0.3, -0.25) is 0 Å². The Hall–Kier alpha value is -4.24. The summed E-state index contributed by atoms with van der Waals surface area (Å²) < 4.78 is 16.8. The minimum atomic E-state index is -0.455. The lowest BCUT2D eigenvalue weighted by atomic mass is 9.83. The van der Waals surface area contributed by atoms with E-state index in [1.54, 1.807) is 30.3 Å². The zero-order valence-electron chi connectivity index (χ0n) is 17.8. The van der Waals surface area contributed by atoms with Gasteiger partial charge in [-0.05, 0) is 49.2 Å². The molecule has 1 aliphatic rings. The molecule has 2 N–H and O–H groups in total. The Balaban J connectivity index is 1.67. The second-order valence-electron chi connectivity index (χ2n) is 7.33. The van der Waals surface area contributed by atoms with E-state index in [0.29, 0.717) is 29.2 Å². The third kappa shape index (κ3) is 4.01. The van der Waals surface area contributed by atoms with Gasteiger partial charge in [-0.2, -0.15) is 5.26 Å². The number of carbonyl (C=O) groups is 1. The quantitative estimate of drug-likeness (QED) is 0.464. The highest BCUT2D eigenvalue weighted by Crippen LogP contribution is 2.43. The van der Waals surface area contributed by atoms with Gasteiger partial charge in [0.25, 0.3) is 0 Å². The fourth-order valence-corrected chi connectivity index (χ4v) is 3.73. The summed E-state index contributed by atoms with van der Waals surface area (Å²) in [6.45, 7) is 4.34. The van der Waals surface area contributed by atoms with Crippen LogP contribution in [0.1, 0.15) is 39.9 Å². The summed E-state index contributed by atoms with van der Waals surface area (Å²) >= 11 is 0. The largest absolute Gasteiger partial charge is 0.494 e. The lowest BCUT2D eigenvalue weighted by molar-refractivity contribution is 0.0733. The van der Waals surface area contributed by atoms with Crippen LogP contribution >= 0.6 is 0 Å². The van der Waals surface area contributed by atoms with Crippen LogP contribution in [0.5, 0.6) is 17.2 Å². The summed E-state index contributed by atoms with van der Waals surface area (Å²) in [4.78, 5) is 12.6. The molecule has 0 radical (unpaired) electrons. The smallest absolute Gasteiger partial charge is 0.343 e. The molecular weight excluding hydrogens is 404 g/mol. The number of esters is 1. The molecule has 0 bridgehead atoms. The van der Waals surface area contributed by atoms with Crippen molar-refractivity contribution < 1.29 is 19.0 Å². The molecule has 1 unspecified atom stereocenters. The van der Waals surface area contributed by atoms with Gasteiger partial charge in [-0.1, -0.05) is 36.4 Å². The topological polar surface area (TPSA) is 94.6 Å². The van der Waals surface area contributed by atoms with Crippen molar-refractivity contribution in [2.75, 3.05) is 6.61 Å². The van der Waals surface area contributed by atoms with E-state index >= 15 is 0 Å². The standard InChI is InChI=1S/C26H22N2O4/c1-3-30-18-10-8-17(9-11-18)24-21-13-12-19(14-23(21)32-25(28)22(24)15-27)31-26(29)20-7-5-4-6-16(20)2/h4-14,24H,3,28H2,1-2H3. The molecule has 0 saturated carbocycles. The molecule has 0 fully saturated rings. The summed E-state index contributed by atoms with van der Waals surface area (Å²) in [5.74, 6) is 0.688. The number of hydrogen-bond acceptors (Lipinski definition) is 6. The van der Waals surface area contributed by atoms with Gasteiger partial charge < -0.3 is 19.9 Å². The van der Waals surface area contributed by atoms with Gasteiger partial charge in [0.2, 0.25) is 5.88 Å². The Labute approximate surface area is 186 Å². The Bertz CT molecular complexity index is 1240. The van der Waals surface area contributed by atoms with E-state index in [2.05, 4.69) is 6.07 Å². The van der Waals surface area contributed by atoms with Crippen LogP contribution in [0.15, 0.2) is 78.2 Å². The summed E-state index contributed by atoms with van der Waals surface area (Å²) in [6, 6.07) is 22.0. The average Bonchev–Trinajstić information content (AvgIpc) is 2.79. The number of hydrogen-bond donors (Lipinski definition) is 1. The van der Waals surface area contributed by atoms with Gasteiger partial charge in [-0.15, -0.1) is 0 Å². The van der Waals surface area contributed by atoms with Gasteiger partial charge in [0, 0.05) is 11.6 Å². The molecule has 0 amide bonds. The first-order chi connectivity index (χ1) is 15.5. The second-order valence-corrected chi connectivity index (χ2v) is 7.33. The van der Waals surface area contributed by atoms with E-state index in [-0.39, 0.29) is 5.88 Å². The monoisotopic (exact) mass is 426 g/mol. The number of rotatable bonds is 5. The lowest BCUT2D eigenvalue weighted by Crippen LogP contribution is -2.21. The van der Waals surface area contributed by atoms with Crippen molar-refractivity contribution in [2.45, 2.75) is 19.8 Å². The predicted octanol–water partition coefficient (Wildman–Crippen LogP) is 4.83. The van der Waals surface area contributed by atoms with Crippen LogP contribution in [0.25, 0.3) is 0 Å². The first kappa shape index (κ1) is 21.0. The number of allylic oxidation sites excluding steroid dienone is 1. The molecular formula is C26H22N2O4. The number of nitrogens with two attached hydrogens (primary N) is 1. The van der Waals surface area contributed by atoms with Crippen LogP contribution < -0.4 is 19.9 Å². The molecule has 6 heteroatoms. The van der Waals surface area contributed by atoms with Crippen molar-refractivity contribution in [3.8, 4) is 23.3 Å². The molecule has 0 aromatic heterocycles. The number of nitrogens with zero attached hydrogens (tertiary/aromatic N) is 1. The van der Waals surface area contributed by atoms with Gasteiger partial charge >= 0.3 is 5.97 Å². The lowest BCUT2D eigenvalue weighted by Gasteiger charge is -2.26. The molecule has 160 valence electrons. The molecule has 0 saturated heterocycles. The molecule has 6 nitrogen and oxygen atoms in total. The average molecular weight is 426 g/mol. The highest BCUT2D eigenvalue weighted by molar-refractivity contribution is 5.92. The third-order valence-corrected chi connectivity index (χ3v) is 5.29. The number of ether oxygens (including phenoxy) is 3. The van der Waals surface area contributed by atoms with Crippen molar-refractivity contribution in [3.63, 3.8) is 0 Å². The summed E-state index contributed by atoms with van der Waals surface area (Å²) in [5.41, 5.74) is 9.35. The highest BCUT2D eigenvalue weighted by Gasteiger charge is 2.31. The van der Waals surface area contributed by atoms with E-state index in [1.807, 2.05) is 50.2 Å². The summed E-state index contributed by atoms with van der Waals surface area (Å²) in [7, 11) is 0. The molecule has 0 aliphatic carbocycles. The van der Waals surface area contributed by atoms with Crippen molar-refractivity contribution in [1.29, 1.82) is 5.26 Å². The maximum Gasteiger partial charge on any atom is 0.343 e. The van der Waals surface area contributed by atoms with E-state index in [1.165, 1.54) is 0 Å². The molecule has 1 aliphatic heterocycles. The summed E-state index contributed by atoms with van der Waals surface area (Å²) in [6.07, 6.45) is 0. The predicted molar refractivity (Wildman–Crippen MR) is 119 cm³/mol. The van der Waals surface area contributed by atoms with Crippen LogP contribution in [-0.2, 0) is 0 Å². The normalized spacial score (nSPS) is 14.7. The number of nitriles is 1. The molecule has 1 heterocycles. The van der Waals surface area contributed by atoms with Crippen LogP contribution in [-0.4, -0.2) is 12.6 Å². The Morgan fingerprint density at radius 1 is 1.09 bits per heavy atom. The summed E-state index contributed by atoms with van der Waals surface area (Å²) in [5, 5.41) is 9.72. The Morgan fingerprint density at radius 3 is 2.50 bits per heavy atom. The van der Waals surface area contributed by atoms with Crippen molar-refractivity contribution >= 4 is 5.97 Å². The van der Waals surface area contributed by atoms with Crippen molar-refractivity contribution in [2.24, 2.45) is 5.73 Å². The van der Waals surface area contributed by atoms with Gasteiger partial charge in [0.05, 0.1) is 18.1 Å². The van der Waals surface area contributed by atoms with Gasteiger partial charge in [0.15, 0.2) is 0 Å². The maximum atomic E-state index is 12.6. The fraction of sp³-hybridized carbons (Fsp3) is 0.154. The molecule has 3 aromatic carbocycles. The Kier molecular flexibility index (Phi) is 5.82. The van der Waals surface area contributed by atoms with Gasteiger partial charge in [-0.25, -0.2) is 4.79 Å². The first-order valence-corrected chi connectivity index (χ1v) is 10.2. The Morgan fingerprint density at radius 2 is 1.81 bits per heavy atom. The molecule has 32 heavy (non-hydrogen) atoms. The zero-order chi connectivity index (χ0) is 22.7. The fourth-order valence-electron chi connectivity index (χ4n) is 3.73. The second kappa shape index (κ2) is 8.86. The first-order valence-electron chi connectivity index (χ1n) is 10.2. The number of fused-ring (bicyclic) bond motifs is 1. The van der Waals surface area contributed by atoms with Gasteiger partial charge in [0.1, 0.15) is 28.9 Å². The number of carbonyl (C=O) groups excluding carboxylic acids is 1. The number of aryl methyl sites for hydroxylation is 1. The zero-order valence-corrected chi connectivity index (χ0v) is 17.8. The molecule has 0 spiro atoms. The van der Waals surface area contributed by atoms with E-state index in [4.69, 9.17) is 19.9 Å². The molecule has 3 aromatic rings. The minimum absolute atomic E-state index is 0.0289. The van der Waals surface area contributed by atoms with Crippen molar-refractivity contribution in [1.82, 2.24) is 0 Å². The molecule has 1 atom stereocenters. The van der Waals surface area contributed by atoms with Crippen LogP contribution in [0.3, 0.4) is 0 Å². The van der Waals surface area contributed by atoms with Crippen LogP contribution in [0, 0.1) is 18.3 Å². The SMILES string of the molecule is CCOc1ccc(C2C(C#N)=C(N)Oc3cc(OC(=O)c4ccccc4C)ccc32)cc1. The van der Waals surface area contributed by atoms with E-state index in [9.17, 15) is 10.1 Å². The maximum absolute atomic E-state index is 12.6. The molecule has 4 rings (SSSR count). The highest BCUT2D eigenvalue weighted by atomic mass is 16.5. The number of benzene rings is 3. The minimum Gasteiger partial charge on any atom is -0.494 e. The van der Waals surface area contributed by atoms with E-state index in [0.717, 1.165) is 22.4 Å². The third-order valence-electron chi connectivity index (χ3n) is 5.29. The van der Waals surface area contributed by atoms with Crippen molar-refractivity contribution in [3.05, 3.63) is 100 Å². The van der Waals surface area contributed by atoms with E-state index < -0.39 is 11.9 Å².